The van der Waals surface area contributed by atoms with Gasteiger partial charge in [0.2, 0.25) is 0 Å². The van der Waals surface area contributed by atoms with Gasteiger partial charge in [0.1, 0.15) is 0 Å². The van der Waals surface area contributed by atoms with Crippen LogP contribution in [0, 0.1) is 5.41 Å². The Kier molecular flexibility index (Phi) is 7.20. The second kappa shape index (κ2) is 8.13. The van der Waals surface area contributed by atoms with Gasteiger partial charge in [-0.3, -0.25) is 0 Å². The number of nitrogens with zero attached hydrogens (tertiary/aromatic N) is 1. The molecule has 1 unspecified atom stereocenters. The molecule has 1 aliphatic heterocycles. The first kappa shape index (κ1) is 15.9. The van der Waals surface area contributed by atoms with Crippen LogP contribution in [0.1, 0.15) is 46.5 Å². The van der Waals surface area contributed by atoms with E-state index in [1.54, 1.807) is 0 Å². The standard InChI is InChI=1S/C15H32N2O/c1-5-9-16-12-15(3,6-2)13-17-10-7-14(18-4)8-11-17/h14,16H,5-13H2,1-4H3. The molecule has 1 atom stereocenters. The zero-order valence-electron chi connectivity index (χ0n) is 12.8. The van der Waals surface area contributed by atoms with Crippen LogP contribution in [0.3, 0.4) is 0 Å². The summed E-state index contributed by atoms with van der Waals surface area (Å²) in [5.74, 6) is 0. The zero-order valence-corrected chi connectivity index (χ0v) is 12.8. The van der Waals surface area contributed by atoms with Crippen molar-refractivity contribution in [2.24, 2.45) is 5.41 Å². The molecule has 0 aliphatic carbocycles. The number of methoxy groups -OCH3 is 1. The number of ether oxygens (including phenoxy) is 1. The first-order valence-corrected chi connectivity index (χ1v) is 7.59. The van der Waals surface area contributed by atoms with Gasteiger partial charge in [-0.2, -0.15) is 0 Å². The lowest BCUT2D eigenvalue weighted by atomic mass is 9.86. The zero-order chi connectivity index (χ0) is 13.4. The molecule has 3 nitrogen and oxygen atoms in total. The third-order valence-corrected chi connectivity index (χ3v) is 4.31. The van der Waals surface area contributed by atoms with E-state index in [0.717, 1.165) is 13.1 Å². The number of piperidine rings is 1. The molecule has 0 amide bonds. The highest BCUT2D eigenvalue weighted by atomic mass is 16.5. The molecule has 1 saturated heterocycles. The second-order valence-corrected chi connectivity index (χ2v) is 6.05. The van der Waals surface area contributed by atoms with Gasteiger partial charge in [0.05, 0.1) is 6.10 Å². The fourth-order valence-corrected chi connectivity index (χ4v) is 2.70. The maximum atomic E-state index is 5.44. The minimum atomic E-state index is 0.412. The average molecular weight is 256 g/mol. The fraction of sp³-hybridized carbons (Fsp3) is 1.00. The number of rotatable bonds is 8. The second-order valence-electron chi connectivity index (χ2n) is 6.05. The van der Waals surface area contributed by atoms with Gasteiger partial charge >= 0.3 is 0 Å². The van der Waals surface area contributed by atoms with Crippen LogP contribution < -0.4 is 5.32 Å². The summed E-state index contributed by atoms with van der Waals surface area (Å²) in [7, 11) is 1.84. The largest absolute Gasteiger partial charge is 0.381 e. The van der Waals surface area contributed by atoms with E-state index in [4.69, 9.17) is 4.74 Å². The molecule has 0 aromatic rings. The van der Waals surface area contributed by atoms with Gasteiger partial charge in [-0.15, -0.1) is 0 Å². The minimum absolute atomic E-state index is 0.412. The molecular weight excluding hydrogens is 224 g/mol. The normalized spacial score (nSPS) is 22.0. The summed E-state index contributed by atoms with van der Waals surface area (Å²) in [5.41, 5.74) is 0.412. The lowest BCUT2D eigenvalue weighted by Crippen LogP contribution is -2.46. The number of hydrogen-bond donors (Lipinski definition) is 1. The van der Waals surface area contributed by atoms with E-state index < -0.39 is 0 Å². The maximum Gasteiger partial charge on any atom is 0.0595 e. The Labute approximate surface area is 113 Å². The SMILES string of the molecule is CCCNCC(C)(CC)CN1CCC(OC)CC1. The Balaban J connectivity index is 2.33. The average Bonchev–Trinajstić information content (AvgIpc) is 2.40. The summed E-state index contributed by atoms with van der Waals surface area (Å²) in [4.78, 5) is 2.62. The quantitative estimate of drug-likeness (QED) is 0.675. The van der Waals surface area contributed by atoms with Crippen LogP contribution in [0.2, 0.25) is 0 Å². The summed E-state index contributed by atoms with van der Waals surface area (Å²) in [6.45, 7) is 12.8. The Morgan fingerprint density at radius 2 is 1.94 bits per heavy atom. The van der Waals surface area contributed by atoms with Crippen molar-refractivity contribution in [3.63, 3.8) is 0 Å². The van der Waals surface area contributed by atoms with Gasteiger partial charge in [-0.1, -0.05) is 20.8 Å². The van der Waals surface area contributed by atoms with E-state index in [2.05, 4.69) is 31.0 Å². The van der Waals surface area contributed by atoms with Gasteiger partial charge in [-0.25, -0.2) is 0 Å². The molecule has 0 saturated carbocycles. The molecule has 1 rings (SSSR count). The molecule has 1 fully saturated rings. The van der Waals surface area contributed by atoms with Crippen LogP contribution in [0.15, 0.2) is 0 Å². The topological polar surface area (TPSA) is 24.5 Å². The minimum Gasteiger partial charge on any atom is -0.381 e. The van der Waals surface area contributed by atoms with E-state index in [0.29, 0.717) is 11.5 Å². The third kappa shape index (κ3) is 5.25. The van der Waals surface area contributed by atoms with Gasteiger partial charge in [0.25, 0.3) is 0 Å². The first-order valence-electron chi connectivity index (χ1n) is 7.59. The highest BCUT2D eigenvalue weighted by Crippen LogP contribution is 2.24. The van der Waals surface area contributed by atoms with Crippen molar-refractivity contribution < 1.29 is 4.74 Å². The van der Waals surface area contributed by atoms with Crippen LogP contribution in [-0.4, -0.2) is 50.8 Å². The van der Waals surface area contributed by atoms with E-state index in [1.165, 1.54) is 45.3 Å². The third-order valence-electron chi connectivity index (χ3n) is 4.31. The molecule has 108 valence electrons. The molecule has 1 N–H and O–H groups in total. The molecule has 18 heavy (non-hydrogen) atoms. The number of nitrogens with one attached hydrogen (secondary N) is 1. The predicted octanol–water partition coefficient (Wildman–Crippen LogP) is 2.51. The number of likely N-dealkylation sites (tertiary alicyclic amines) is 1. The summed E-state index contributed by atoms with van der Waals surface area (Å²) < 4.78 is 5.44. The van der Waals surface area contributed by atoms with E-state index in [1.807, 2.05) is 7.11 Å². The van der Waals surface area contributed by atoms with E-state index in [-0.39, 0.29) is 0 Å². The van der Waals surface area contributed by atoms with Crippen molar-refractivity contribution in [3.05, 3.63) is 0 Å². The number of hydrogen-bond acceptors (Lipinski definition) is 3. The van der Waals surface area contributed by atoms with Crippen LogP contribution in [0.5, 0.6) is 0 Å². The molecule has 0 aromatic carbocycles. The van der Waals surface area contributed by atoms with Gasteiger partial charge in [0, 0.05) is 33.3 Å². The molecule has 0 bridgehead atoms. The fourth-order valence-electron chi connectivity index (χ4n) is 2.70. The van der Waals surface area contributed by atoms with Crippen LogP contribution in [0.4, 0.5) is 0 Å². The maximum absolute atomic E-state index is 5.44. The van der Waals surface area contributed by atoms with Crippen molar-refractivity contribution >= 4 is 0 Å². The molecular formula is C15H32N2O. The van der Waals surface area contributed by atoms with Gasteiger partial charge in [0.15, 0.2) is 0 Å². The van der Waals surface area contributed by atoms with Crippen LogP contribution in [-0.2, 0) is 4.74 Å². The Hall–Kier alpha value is -0.120. The van der Waals surface area contributed by atoms with Crippen molar-refractivity contribution in [1.82, 2.24) is 10.2 Å². The molecule has 1 heterocycles. The molecule has 0 radical (unpaired) electrons. The van der Waals surface area contributed by atoms with Crippen LogP contribution in [0.25, 0.3) is 0 Å². The molecule has 0 spiro atoms. The summed E-state index contributed by atoms with van der Waals surface area (Å²) in [6, 6.07) is 0. The van der Waals surface area contributed by atoms with Crippen molar-refractivity contribution in [1.29, 1.82) is 0 Å². The van der Waals surface area contributed by atoms with Crippen molar-refractivity contribution in [2.45, 2.75) is 52.6 Å². The molecule has 1 aliphatic rings. The molecule has 0 aromatic heterocycles. The lowest BCUT2D eigenvalue weighted by molar-refractivity contribution is 0.0275. The summed E-state index contributed by atoms with van der Waals surface area (Å²) in [6.07, 6.45) is 5.34. The summed E-state index contributed by atoms with van der Waals surface area (Å²) in [5, 5.41) is 3.58. The highest BCUT2D eigenvalue weighted by molar-refractivity contribution is 4.82. The lowest BCUT2D eigenvalue weighted by Gasteiger charge is -2.38. The summed E-state index contributed by atoms with van der Waals surface area (Å²) >= 11 is 0. The Morgan fingerprint density at radius 3 is 2.44 bits per heavy atom. The van der Waals surface area contributed by atoms with E-state index in [9.17, 15) is 0 Å². The van der Waals surface area contributed by atoms with Crippen LogP contribution >= 0.6 is 0 Å². The monoisotopic (exact) mass is 256 g/mol. The Morgan fingerprint density at radius 1 is 1.28 bits per heavy atom. The van der Waals surface area contributed by atoms with Gasteiger partial charge in [-0.05, 0) is 37.6 Å². The van der Waals surface area contributed by atoms with Gasteiger partial charge < -0.3 is 15.0 Å². The smallest absolute Gasteiger partial charge is 0.0595 e. The van der Waals surface area contributed by atoms with Crippen molar-refractivity contribution in [2.75, 3.05) is 39.8 Å². The Bertz CT molecular complexity index is 215. The predicted molar refractivity (Wildman–Crippen MR) is 78.0 cm³/mol. The molecule has 3 heteroatoms. The van der Waals surface area contributed by atoms with E-state index >= 15 is 0 Å². The van der Waals surface area contributed by atoms with Crippen molar-refractivity contribution in [3.8, 4) is 0 Å². The highest BCUT2D eigenvalue weighted by Gasteiger charge is 2.27. The first-order chi connectivity index (χ1) is 8.63.